The van der Waals surface area contributed by atoms with Gasteiger partial charge in [0.05, 0.1) is 6.42 Å². The van der Waals surface area contributed by atoms with Crippen molar-refractivity contribution in [2.75, 3.05) is 18.5 Å². The third-order valence-corrected chi connectivity index (χ3v) is 5.66. The maximum absolute atomic E-state index is 12.3. The third kappa shape index (κ3) is 4.51. The average Bonchev–Trinajstić information content (AvgIpc) is 2.94. The Bertz CT molecular complexity index is 692. The molecule has 2 aliphatic rings. The van der Waals surface area contributed by atoms with Crippen molar-refractivity contribution in [2.45, 2.75) is 57.8 Å². The Hall–Kier alpha value is -2.17. The maximum atomic E-state index is 12.3. The number of hydrogen-bond acceptors (Lipinski definition) is 3. The van der Waals surface area contributed by atoms with Crippen LogP contribution in [0.4, 0.5) is 5.69 Å². The molecule has 1 N–H and O–H groups in total. The molecule has 0 saturated heterocycles. The van der Waals surface area contributed by atoms with E-state index in [2.05, 4.69) is 5.32 Å². The van der Waals surface area contributed by atoms with Gasteiger partial charge >= 0.3 is 0 Å². The number of anilines is 1. The van der Waals surface area contributed by atoms with Crippen molar-refractivity contribution in [3.63, 3.8) is 0 Å². The van der Waals surface area contributed by atoms with Gasteiger partial charge in [0, 0.05) is 37.7 Å². The van der Waals surface area contributed by atoms with Crippen molar-refractivity contribution >= 4 is 23.3 Å². The van der Waals surface area contributed by atoms with Gasteiger partial charge in [-0.1, -0.05) is 32.1 Å². The maximum Gasteiger partial charge on any atom is 0.231 e. The molecule has 1 heterocycles. The summed E-state index contributed by atoms with van der Waals surface area (Å²) in [5.74, 6) is 0.796. The summed E-state index contributed by atoms with van der Waals surface area (Å²) in [4.78, 5) is 37.7. The Morgan fingerprint density at radius 1 is 1.15 bits per heavy atom. The first kappa shape index (κ1) is 18.6. The van der Waals surface area contributed by atoms with Gasteiger partial charge in [0.25, 0.3) is 0 Å². The molecule has 3 rings (SSSR count). The number of Topliss-reactive ketones (excluding diaryl/α,β-unsaturated/α-hetero) is 1. The molecule has 26 heavy (non-hydrogen) atoms. The van der Waals surface area contributed by atoms with Gasteiger partial charge in [-0.25, -0.2) is 0 Å². The third-order valence-electron chi connectivity index (χ3n) is 5.66. The number of benzene rings is 1. The van der Waals surface area contributed by atoms with E-state index in [1.807, 2.05) is 12.1 Å². The van der Waals surface area contributed by atoms with Gasteiger partial charge in [-0.3, -0.25) is 14.4 Å². The summed E-state index contributed by atoms with van der Waals surface area (Å²) in [6, 6.07) is 5.40. The number of nitrogens with one attached hydrogen (secondary N) is 1. The van der Waals surface area contributed by atoms with Crippen LogP contribution in [-0.4, -0.2) is 31.2 Å². The molecule has 140 valence electrons. The second kappa shape index (κ2) is 8.47. The largest absolute Gasteiger partial charge is 0.356 e. The Morgan fingerprint density at radius 3 is 2.69 bits per heavy atom. The molecule has 1 aromatic carbocycles. The van der Waals surface area contributed by atoms with E-state index in [4.69, 9.17) is 0 Å². The summed E-state index contributed by atoms with van der Waals surface area (Å²) in [6.45, 7) is 0.373. The topological polar surface area (TPSA) is 66.5 Å². The molecular formula is C21H28N2O3. The fourth-order valence-electron chi connectivity index (χ4n) is 4.00. The van der Waals surface area contributed by atoms with Crippen LogP contribution in [0, 0.1) is 5.92 Å². The number of hydrogen-bond donors (Lipinski definition) is 1. The van der Waals surface area contributed by atoms with Crippen LogP contribution in [0.1, 0.15) is 67.3 Å². The number of likely N-dealkylation sites (N-methyl/N-ethyl adjacent to an activating group) is 1. The average molecular weight is 356 g/mol. The molecular weight excluding hydrogens is 328 g/mol. The summed E-state index contributed by atoms with van der Waals surface area (Å²) in [6.07, 6.45) is 8.59. The Balaban J connectivity index is 1.41. The van der Waals surface area contributed by atoms with Crippen LogP contribution in [0.15, 0.2) is 18.2 Å². The molecule has 2 amide bonds. The highest BCUT2D eigenvalue weighted by Gasteiger charge is 2.24. The van der Waals surface area contributed by atoms with Crippen LogP contribution in [-0.2, 0) is 16.0 Å². The zero-order valence-electron chi connectivity index (χ0n) is 15.6. The minimum absolute atomic E-state index is 0.00221. The van der Waals surface area contributed by atoms with Crippen molar-refractivity contribution in [1.82, 2.24) is 5.32 Å². The summed E-state index contributed by atoms with van der Waals surface area (Å²) < 4.78 is 0. The van der Waals surface area contributed by atoms with Gasteiger partial charge in [0.2, 0.25) is 11.8 Å². The molecule has 0 unspecified atom stereocenters. The van der Waals surface area contributed by atoms with Crippen molar-refractivity contribution in [3.05, 3.63) is 29.3 Å². The standard InChI is InChI=1S/C21H28N2O3/c1-23-18-9-8-16(13-17(18)14-21(23)26)19(24)11-12-22-20(25)10-7-15-5-3-2-4-6-15/h8-9,13,15H,2-7,10-12,14H2,1H3,(H,22,25). The molecule has 0 aromatic heterocycles. The predicted molar refractivity (Wildman–Crippen MR) is 101 cm³/mol. The molecule has 0 bridgehead atoms. The quantitative estimate of drug-likeness (QED) is 0.763. The monoisotopic (exact) mass is 356 g/mol. The second-order valence-corrected chi connectivity index (χ2v) is 7.54. The molecule has 1 saturated carbocycles. The van der Waals surface area contributed by atoms with Gasteiger partial charge < -0.3 is 10.2 Å². The Labute approximate surface area is 155 Å². The molecule has 1 fully saturated rings. The molecule has 1 aliphatic heterocycles. The van der Waals surface area contributed by atoms with Crippen LogP contribution < -0.4 is 10.2 Å². The van der Waals surface area contributed by atoms with Crippen molar-refractivity contribution in [1.29, 1.82) is 0 Å². The number of rotatable bonds is 7. The number of fused-ring (bicyclic) bond motifs is 1. The van der Waals surface area contributed by atoms with E-state index in [0.717, 1.165) is 17.7 Å². The van der Waals surface area contributed by atoms with Crippen molar-refractivity contribution < 1.29 is 14.4 Å². The van der Waals surface area contributed by atoms with Crippen molar-refractivity contribution in [3.8, 4) is 0 Å². The SMILES string of the molecule is CN1C(=O)Cc2cc(C(=O)CCNC(=O)CCC3CCCCC3)ccc21. The minimum Gasteiger partial charge on any atom is -0.356 e. The van der Waals surface area contributed by atoms with Gasteiger partial charge in [-0.05, 0) is 36.1 Å². The van der Waals surface area contributed by atoms with E-state index in [1.54, 1.807) is 18.0 Å². The first-order valence-electron chi connectivity index (χ1n) is 9.74. The van der Waals surface area contributed by atoms with Crippen molar-refractivity contribution in [2.24, 2.45) is 5.92 Å². The molecule has 0 atom stereocenters. The Morgan fingerprint density at radius 2 is 1.92 bits per heavy atom. The highest BCUT2D eigenvalue weighted by molar-refractivity contribution is 6.03. The molecule has 5 nitrogen and oxygen atoms in total. The molecule has 0 radical (unpaired) electrons. The van der Waals surface area contributed by atoms with E-state index in [9.17, 15) is 14.4 Å². The summed E-state index contributed by atoms with van der Waals surface area (Å²) in [7, 11) is 1.75. The zero-order valence-corrected chi connectivity index (χ0v) is 15.6. The lowest BCUT2D eigenvalue weighted by Crippen LogP contribution is -2.26. The van der Waals surface area contributed by atoms with Crippen LogP contribution in [0.3, 0.4) is 0 Å². The summed E-state index contributed by atoms with van der Waals surface area (Å²) in [5, 5.41) is 2.87. The number of nitrogens with zero attached hydrogens (tertiary/aromatic N) is 1. The normalized spacial score (nSPS) is 17.3. The highest BCUT2D eigenvalue weighted by atomic mass is 16.2. The summed E-state index contributed by atoms with van der Waals surface area (Å²) in [5.41, 5.74) is 2.39. The molecule has 5 heteroatoms. The summed E-state index contributed by atoms with van der Waals surface area (Å²) >= 11 is 0. The van der Waals surface area contributed by atoms with E-state index in [0.29, 0.717) is 30.9 Å². The second-order valence-electron chi connectivity index (χ2n) is 7.54. The van der Waals surface area contributed by atoms with Gasteiger partial charge in [-0.2, -0.15) is 0 Å². The lowest BCUT2D eigenvalue weighted by atomic mass is 9.86. The van der Waals surface area contributed by atoms with Gasteiger partial charge in [0.1, 0.15) is 0 Å². The van der Waals surface area contributed by atoms with E-state index in [1.165, 1.54) is 32.1 Å². The van der Waals surface area contributed by atoms with Crippen LogP contribution in [0.5, 0.6) is 0 Å². The van der Waals surface area contributed by atoms with Gasteiger partial charge in [0.15, 0.2) is 5.78 Å². The fourth-order valence-corrected chi connectivity index (χ4v) is 4.00. The minimum atomic E-state index is 0.00221. The first-order valence-corrected chi connectivity index (χ1v) is 9.74. The highest BCUT2D eigenvalue weighted by Crippen LogP contribution is 2.29. The van der Waals surface area contributed by atoms with Gasteiger partial charge in [-0.15, -0.1) is 0 Å². The van der Waals surface area contributed by atoms with E-state index in [-0.39, 0.29) is 24.0 Å². The lowest BCUT2D eigenvalue weighted by molar-refractivity contribution is -0.121. The van der Waals surface area contributed by atoms with Crippen LogP contribution in [0.25, 0.3) is 0 Å². The number of amides is 2. The Kier molecular flexibility index (Phi) is 6.07. The predicted octanol–water partition coefficient (Wildman–Crippen LogP) is 3.26. The van der Waals surface area contributed by atoms with E-state index >= 15 is 0 Å². The smallest absolute Gasteiger partial charge is 0.231 e. The molecule has 0 spiro atoms. The molecule has 1 aromatic rings. The van der Waals surface area contributed by atoms with Crippen LogP contribution in [0.2, 0.25) is 0 Å². The molecule has 1 aliphatic carbocycles. The van der Waals surface area contributed by atoms with E-state index < -0.39 is 0 Å². The number of ketones is 1. The van der Waals surface area contributed by atoms with Crippen LogP contribution >= 0.6 is 0 Å². The number of carbonyl (C=O) groups is 3. The first-order chi connectivity index (χ1) is 12.5. The lowest BCUT2D eigenvalue weighted by Gasteiger charge is -2.20. The fraction of sp³-hybridized carbons (Fsp3) is 0.571. The zero-order chi connectivity index (χ0) is 18.5. The number of carbonyl (C=O) groups excluding carboxylic acids is 3.